The van der Waals surface area contributed by atoms with Crippen LogP contribution in [0.5, 0.6) is 0 Å². The monoisotopic (exact) mass is 836 g/mol. The Kier molecular flexibility index (Phi) is 8.80. The Hall–Kier alpha value is -2.98. The Labute approximate surface area is 324 Å². The first kappa shape index (κ1) is 35.7. The Morgan fingerprint density at radius 2 is 1.92 bits per heavy atom. The molecular formula is C40H50FIN8O3. The smallest absolute Gasteiger partial charge is 0.234 e. The summed E-state index contributed by atoms with van der Waals surface area (Å²) < 4.78 is 22.6. The van der Waals surface area contributed by atoms with Gasteiger partial charge in [-0.3, -0.25) is 19.6 Å². The molecule has 282 valence electrons. The topological polar surface area (TPSA) is 112 Å². The summed E-state index contributed by atoms with van der Waals surface area (Å²) in [5.74, 6) is 0.343. The number of allylic oxidation sites excluding steroid dienone is 4. The first-order chi connectivity index (χ1) is 25.4. The fourth-order valence-corrected chi connectivity index (χ4v) is 10.8. The third kappa shape index (κ3) is 5.69. The molecule has 5 fully saturated rings. The highest BCUT2D eigenvalue weighted by Gasteiger charge is 2.66. The fraction of sp³-hybridized carbons (Fsp3) is 0.600. The van der Waals surface area contributed by atoms with E-state index in [4.69, 9.17) is 14.7 Å². The van der Waals surface area contributed by atoms with Crippen LogP contribution in [-0.4, -0.2) is 109 Å². The van der Waals surface area contributed by atoms with E-state index in [2.05, 4.69) is 87.4 Å². The molecule has 53 heavy (non-hydrogen) atoms. The zero-order valence-corrected chi connectivity index (χ0v) is 33.2. The number of imidazole rings is 1. The third-order valence-electron chi connectivity index (χ3n) is 13.6. The lowest BCUT2D eigenvalue weighted by atomic mass is 9.57. The summed E-state index contributed by atoms with van der Waals surface area (Å²) in [6, 6.07) is 4.73. The number of pyridine rings is 2. The van der Waals surface area contributed by atoms with Crippen molar-refractivity contribution >= 4 is 56.6 Å². The van der Waals surface area contributed by atoms with Gasteiger partial charge in [-0.15, -0.1) is 0 Å². The van der Waals surface area contributed by atoms with Gasteiger partial charge in [0.1, 0.15) is 5.52 Å². The van der Waals surface area contributed by atoms with E-state index in [0.717, 1.165) is 99.4 Å². The zero-order chi connectivity index (χ0) is 36.9. The number of rotatable bonds is 8. The molecule has 2 unspecified atom stereocenters. The van der Waals surface area contributed by atoms with Crippen LogP contribution in [0.2, 0.25) is 0 Å². The highest BCUT2D eigenvalue weighted by atomic mass is 127. The molecule has 9 rings (SSSR count). The number of likely N-dealkylation sites (tertiary alicyclic amines) is 3. The molecule has 0 bridgehead atoms. The molecule has 0 aromatic carbocycles. The number of aliphatic hydroxyl groups is 1. The maximum absolute atomic E-state index is 15.2. The SMILES string of the molecule is CC(I)n1cnc2cc(C3=CCC4(C)C(=C3)N(C3CC(N5CC(C)(C)C[C@H]5CO)C3)C(=O)C43CCN(C4COC4)CC3)nc(Nc3ccncc3F)c21. The van der Waals surface area contributed by atoms with E-state index in [1.54, 1.807) is 12.3 Å². The molecule has 11 nitrogen and oxygen atoms in total. The molecule has 1 saturated carbocycles. The van der Waals surface area contributed by atoms with Gasteiger partial charge in [0.05, 0.1) is 64.7 Å². The molecule has 3 aromatic rings. The van der Waals surface area contributed by atoms with Crippen LogP contribution < -0.4 is 5.32 Å². The van der Waals surface area contributed by atoms with Crippen molar-refractivity contribution in [1.82, 2.24) is 34.2 Å². The lowest BCUT2D eigenvalue weighted by Gasteiger charge is -2.49. The minimum absolute atomic E-state index is 0.0906. The molecule has 3 atom stereocenters. The van der Waals surface area contributed by atoms with Crippen molar-refractivity contribution in [1.29, 1.82) is 0 Å². The number of carbonyl (C=O) groups excluding carboxylic acids is 1. The van der Waals surface area contributed by atoms with Gasteiger partial charge >= 0.3 is 0 Å². The van der Waals surface area contributed by atoms with Crippen molar-refractivity contribution in [2.75, 3.05) is 44.8 Å². The summed E-state index contributed by atoms with van der Waals surface area (Å²) in [4.78, 5) is 36.3. The average Bonchev–Trinajstić information content (AvgIpc) is 3.71. The number of nitrogens with one attached hydrogen (secondary N) is 1. The summed E-state index contributed by atoms with van der Waals surface area (Å²) in [5.41, 5.74) is 3.99. The van der Waals surface area contributed by atoms with Gasteiger partial charge in [-0.05, 0) is 87.7 Å². The van der Waals surface area contributed by atoms with Crippen molar-refractivity contribution in [3.05, 3.63) is 60.2 Å². The molecule has 4 saturated heterocycles. The second-order valence-corrected chi connectivity index (χ2v) is 19.1. The first-order valence-corrected chi connectivity index (χ1v) is 20.5. The van der Waals surface area contributed by atoms with Crippen molar-refractivity contribution in [3.63, 3.8) is 0 Å². The van der Waals surface area contributed by atoms with Gasteiger partial charge in [-0.1, -0.05) is 49.4 Å². The standard InChI is InChI=1S/C40H50FIN8O3/c1-24(42)49-23-44-33-16-32(46-36(35(33)49)45-31-6-10-43-18-30(31)41)25-5-7-39(4)34(13-25)50(27-14-26(15-27)48-22-38(2,3)17-28(48)19-51)37(52)40(39)8-11-47(12-9-40)29-20-53-21-29/h5-6,10,13,16,18,23-24,26-29,51H,7-9,11-12,14-15,17,19-22H2,1-4H3,(H,43,45,46)/t24?,26?,27?,28-,39?/m0/s1. The number of alkyl halides is 1. The van der Waals surface area contributed by atoms with Crippen molar-refractivity contribution in [3.8, 4) is 0 Å². The van der Waals surface area contributed by atoms with Crippen LogP contribution in [0, 0.1) is 22.1 Å². The van der Waals surface area contributed by atoms with Gasteiger partial charge in [0.15, 0.2) is 11.6 Å². The Balaban J connectivity index is 1.08. The average molecular weight is 837 g/mol. The number of nitrogens with zero attached hydrogens (tertiary/aromatic N) is 7. The van der Waals surface area contributed by atoms with E-state index in [1.165, 1.54) is 6.20 Å². The van der Waals surface area contributed by atoms with Crippen LogP contribution in [0.25, 0.3) is 16.6 Å². The van der Waals surface area contributed by atoms with Crippen LogP contribution in [0.3, 0.4) is 0 Å². The van der Waals surface area contributed by atoms with Crippen LogP contribution >= 0.6 is 22.6 Å². The van der Waals surface area contributed by atoms with Crippen LogP contribution in [0.4, 0.5) is 15.9 Å². The largest absolute Gasteiger partial charge is 0.395 e. The number of hydrogen-bond acceptors (Lipinski definition) is 9. The van der Waals surface area contributed by atoms with Gasteiger partial charge in [-0.2, -0.15) is 0 Å². The molecule has 4 aliphatic heterocycles. The number of fused-ring (bicyclic) bond motifs is 3. The van der Waals surface area contributed by atoms with E-state index in [-0.39, 0.29) is 39.5 Å². The Morgan fingerprint density at radius 3 is 2.60 bits per heavy atom. The highest BCUT2D eigenvalue weighted by molar-refractivity contribution is 14.1. The molecule has 7 heterocycles. The van der Waals surface area contributed by atoms with Gasteiger partial charge in [0.25, 0.3) is 0 Å². The number of anilines is 2. The predicted molar refractivity (Wildman–Crippen MR) is 210 cm³/mol. The number of hydrogen-bond donors (Lipinski definition) is 2. The minimum atomic E-state index is -0.478. The molecule has 2 N–H and O–H groups in total. The number of aliphatic hydroxyl groups excluding tert-OH is 1. The number of piperidine rings is 1. The zero-order valence-electron chi connectivity index (χ0n) is 31.1. The summed E-state index contributed by atoms with van der Waals surface area (Å²) >= 11 is 2.34. The predicted octanol–water partition coefficient (Wildman–Crippen LogP) is 6.29. The maximum atomic E-state index is 15.2. The molecular weight excluding hydrogens is 786 g/mol. The number of aromatic nitrogens is 4. The molecule has 0 radical (unpaired) electrons. The normalized spacial score (nSPS) is 30.6. The molecule has 13 heteroatoms. The second kappa shape index (κ2) is 13.1. The molecule has 6 aliphatic rings. The summed E-state index contributed by atoms with van der Waals surface area (Å²) in [5, 5.41) is 13.5. The van der Waals surface area contributed by atoms with Gasteiger partial charge in [0, 0.05) is 42.0 Å². The van der Waals surface area contributed by atoms with Gasteiger partial charge in [0.2, 0.25) is 5.91 Å². The van der Waals surface area contributed by atoms with Crippen molar-refractivity contribution < 1.29 is 19.0 Å². The summed E-state index contributed by atoms with van der Waals surface area (Å²) in [7, 11) is 0. The van der Waals surface area contributed by atoms with E-state index in [9.17, 15) is 9.50 Å². The van der Waals surface area contributed by atoms with Crippen LogP contribution in [0.15, 0.2) is 48.7 Å². The second-order valence-electron chi connectivity index (χ2n) is 17.3. The van der Waals surface area contributed by atoms with E-state index in [1.807, 2.05) is 17.0 Å². The van der Waals surface area contributed by atoms with Crippen LogP contribution in [0.1, 0.15) is 76.0 Å². The lowest BCUT2D eigenvalue weighted by molar-refractivity contribution is -0.148. The number of carbonyl (C=O) groups is 1. The number of amides is 1. The van der Waals surface area contributed by atoms with Crippen LogP contribution in [-0.2, 0) is 9.53 Å². The third-order valence-corrected chi connectivity index (χ3v) is 14.2. The van der Waals surface area contributed by atoms with Crippen molar-refractivity contribution in [2.24, 2.45) is 16.2 Å². The molecule has 2 aliphatic carbocycles. The maximum Gasteiger partial charge on any atom is 0.234 e. The summed E-state index contributed by atoms with van der Waals surface area (Å²) in [6.07, 6.45) is 14.3. The lowest BCUT2D eigenvalue weighted by Crippen LogP contribution is -2.58. The van der Waals surface area contributed by atoms with Crippen molar-refractivity contribution in [2.45, 2.75) is 94.4 Å². The van der Waals surface area contributed by atoms with E-state index >= 15 is 4.79 Å². The molecule has 1 spiro atoms. The van der Waals surface area contributed by atoms with E-state index in [0.29, 0.717) is 23.6 Å². The number of ether oxygens (including phenoxy) is 1. The Bertz CT molecular complexity index is 2000. The Morgan fingerprint density at radius 1 is 1.15 bits per heavy atom. The minimum Gasteiger partial charge on any atom is -0.395 e. The fourth-order valence-electron chi connectivity index (χ4n) is 10.4. The summed E-state index contributed by atoms with van der Waals surface area (Å²) in [6.45, 7) is 13.5. The first-order valence-electron chi connectivity index (χ1n) is 19.2. The molecule has 1 amide bonds. The van der Waals surface area contributed by atoms with Gasteiger partial charge < -0.3 is 24.6 Å². The molecule has 3 aromatic heterocycles. The quantitative estimate of drug-likeness (QED) is 0.200. The van der Waals surface area contributed by atoms with E-state index < -0.39 is 11.2 Å². The highest BCUT2D eigenvalue weighted by Crippen LogP contribution is 2.64. The van der Waals surface area contributed by atoms with Gasteiger partial charge in [-0.25, -0.2) is 14.4 Å². The number of halogens is 2.